The van der Waals surface area contributed by atoms with Crippen molar-refractivity contribution in [2.24, 2.45) is 5.92 Å². The van der Waals surface area contributed by atoms with E-state index < -0.39 is 0 Å². The summed E-state index contributed by atoms with van der Waals surface area (Å²) in [6.07, 6.45) is 7.12. The summed E-state index contributed by atoms with van der Waals surface area (Å²) in [4.78, 5) is 18.8. The van der Waals surface area contributed by atoms with Crippen LogP contribution >= 0.6 is 11.6 Å². The molecule has 1 aliphatic carbocycles. The van der Waals surface area contributed by atoms with Gasteiger partial charge < -0.3 is 14.8 Å². The summed E-state index contributed by atoms with van der Waals surface area (Å²) in [6, 6.07) is 7.83. The second-order valence-electron chi connectivity index (χ2n) is 6.66. The van der Waals surface area contributed by atoms with Crippen molar-refractivity contribution in [3.63, 3.8) is 0 Å². The Hall–Kier alpha value is -2.01. The molecule has 1 aromatic heterocycles. The van der Waals surface area contributed by atoms with Crippen molar-refractivity contribution in [1.82, 2.24) is 19.8 Å². The topological polar surface area (TPSA) is 50.2 Å². The predicted molar refractivity (Wildman–Crippen MR) is 99.6 cm³/mol. The van der Waals surface area contributed by atoms with Gasteiger partial charge in [-0.05, 0) is 42.9 Å². The Morgan fingerprint density at radius 3 is 3.00 bits per heavy atom. The van der Waals surface area contributed by atoms with Crippen molar-refractivity contribution >= 4 is 17.6 Å². The van der Waals surface area contributed by atoms with Crippen LogP contribution in [-0.4, -0.2) is 33.6 Å². The zero-order valence-corrected chi connectivity index (χ0v) is 15.4. The van der Waals surface area contributed by atoms with E-state index in [1.807, 2.05) is 35.4 Å². The van der Waals surface area contributed by atoms with Crippen molar-refractivity contribution in [2.75, 3.05) is 13.1 Å². The molecule has 134 valence electrons. The molecule has 0 radical (unpaired) electrons. The van der Waals surface area contributed by atoms with Crippen LogP contribution in [0.25, 0.3) is 0 Å². The first-order valence-corrected chi connectivity index (χ1v) is 9.30. The maximum absolute atomic E-state index is 12.5. The maximum Gasteiger partial charge on any atom is 0.317 e. The van der Waals surface area contributed by atoms with Gasteiger partial charge in [-0.15, -0.1) is 0 Å². The Morgan fingerprint density at radius 1 is 1.44 bits per heavy atom. The lowest BCUT2D eigenvalue weighted by atomic mass is 10.2. The zero-order valence-electron chi connectivity index (χ0n) is 14.6. The van der Waals surface area contributed by atoms with E-state index in [-0.39, 0.29) is 6.03 Å². The molecule has 1 N–H and O–H groups in total. The van der Waals surface area contributed by atoms with E-state index in [2.05, 4.69) is 21.8 Å². The van der Waals surface area contributed by atoms with Crippen LogP contribution < -0.4 is 5.32 Å². The van der Waals surface area contributed by atoms with Gasteiger partial charge in [0.15, 0.2) is 0 Å². The number of hydrogen-bond donors (Lipinski definition) is 1. The van der Waals surface area contributed by atoms with Crippen LogP contribution in [0, 0.1) is 5.92 Å². The van der Waals surface area contributed by atoms with Crippen LogP contribution in [0.1, 0.15) is 37.6 Å². The number of hydrogen-bond acceptors (Lipinski definition) is 2. The first-order valence-electron chi connectivity index (χ1n) is 8.93. The summed E-state index contributed by atoms with van der Waals surface area (Å²) < 4.78 is 2.08. The minimum Gasteiger partial charge on any atom is -0.338 e. The average molecular weight is 361 g/mol. The van der Waals surface area contributed by atoms with Crippen molar-refractivity contribution in [1.29, 1.82) is 0 Å². The Labute approximate surface area is 154 Å². The van der Waals surface area contributed by atoms with E-state index in [1.165, 1.54) is 12.8 Å². The number of rotatable bonds is 8. The Bertz CT molecular complexity index is 711. The van der Waals surface area contributed by atoms with E-state index in [0.717, 1.165) is 29.4 Å². The second-order valence-corrected chi connectivity index (χ2v) is 7.09. The summed E-state index contributed by atoms with van der Waals surface area (Å²) in [6.45, 7) is 4.79. The highest BCUT2D eigenvalue weighted by atomic mass is 35.5. The molecule has 1 fully saturated rings. The predicted octanol–water partition coefficient (Wildman–Crippen LogP) is 3.92. The molecule has 3 rings (SSSR count). The average Bonchev–Trinajstić information content (AvgIpc) is 3.31. The highest BCUT2D eigenvalue weighted by Gasteiger charge is 2.27. The van der Waals surface area contributed by atoms with Gasteiger partial charge in [0.05, 0.1) is 6.54 Å². The molecule has 25 heavy (non-hydrogen) atoms. The summed E-state index contributed by atoms with van der Waals surface area (Å²) in [7, 11) is 0. The summed E-state index contributed by atoms with van der Waals surface area (Å²) in [5.74, 6) is 1.54. The van der Waals surface area contributed by atoms with Gasteiger partial charge in [-0.25, -0.2) is 9.78 Å². The fourth-order valence-corrected chi connectivity index (χ4v) is 3.03. The van der Waals surface area contributed by atoms with Crippen LogP contribution in [0.15, 0.2) is 36.7 Å². The fraction of sp³-hybridized carbons (Fsp3) is 0.474. The highest BCUT2D eigenvalue weighted by molar-refractivity contribution is 6.30. The van der Waals surface area contributed by atoms with E-state index in [4.69, 9.17) is 11.6 Å². The second kappa shape index (κ2) is 8.39. The van der Waals surface area contributed by atoms with Gasteiger partial charge in [0.2, 0.25) is 0 Å². The number of halogens is 1. The van der Waals surface area contributed by atoms with E-state index in [9.17, 15) is 4.79 Å². The number of benzene rings is 1. The van der Waals surface area contributed by atoms with Crippen LogP contribution in [0.2, 0.25) is 5.02 Å². The van der Waals surface area contributed by atoms with Crippen molar-refractivity contribution in [2.45, 2.75) is 39.3 Å². The first-order chi connectivity index (χ1) is 12.2. The number of nitrogens with zero attached hydrogens (tertiary/aromatic N) is 3. The van der Waals surface area contributed by atoms with Gasteiger partial charge in [0.25, 0.3) is 0 Å². The standard InChI is InChI=1S/C19H25ClN4O/c1-2-8-22-19(25)24(12-15-6-7-15)14-18-21-9-10-23(18)13-16-4-3-5-17(20)11-16/h3-5,9-11,15H,2,6-8,12-14H2,1H3,(H,22,25). The largest absolute Gasteiger partial charge is 0.338 e. The lowest BCUT2D eigenvalue weighted by Crippen LogP contribution is -2.41. The molecule has 0 atom stereocenters. The molecule has 6 heteroatoms. The van der Waals surface area contributed by atoms with E-state index in [1.54, 1.807) is 6.20 Å². The summed E-state index contributed by atoms with van der Waals surface area (Å²) in [5, 5.41) is 3.72. The number of carbonyl (C=O) groups is 1. The molecule has 0 unspecified atom stereocenters. The van der Waals surface area contributed by atoms with Crippen LogP contribution in [-0.2, 0) is 13.1 Å². The van der Waals surface area contributed by atoms with Crippen LogP contribution in [0.5, 0.6) is 0 Å². The molecule has 0 saturated heterocycles. The molecule has 5 nitrogen and oxygen atoms in total. The third-order valence-corrected chi connectivity index (χ3v) is 4.60. The van der Waals surface area contributed by atoms with Gasteiger partial charge in [-0.1, -0.05) is 30.7 Å². The quantitative estimate of drug-likeness (QED) is 0.775. The SMILES string of the molecule is CCCNC(=O)N(Cc1nccn1Cc1cccc(Cl)c1)CC1CC1. The van der Waals surface area contributed by atoms with Crippen molar-refractivity contribution < 1.29 is 4.79 Å². The zero-order chi connectivity index (χ0) is 17.6. The molecule has 1 saturated carbocycles. The molecule has 2 amide bonds. The minimum atomic E-state index is 0.00561. The maximum atomic E-state index is 12.5. The summed E-state index contributed by atoms with van der Waals surface area (Å²) >= 11 is 6.08. The number of urea groups is 1. The van der Waals surface area contributed by atoms with E-state index >= 15 is 0 Å². The number of aromatic nitrogens is 2. The first kappa shape index (κ1) is 17.8. The normalized spacial score (nSPS) is 13.7. The van der Waals surface area contributed by atoms with Crippen molar-refractivity contribution in [3.8, 4) is 0 Å². The third-order valence-electron chi connectivity index (χ3n) is 4.36. The van der Waals surface area contributed by atoms with Crippen molar-refractivity contribution in [3.05, 3.63) is 53.1 Å². The highest BCUT2D eigenvalue weighted by Crippen LogP contribution is 2.30. The molecule has 0 bridgehead atoms. The number of nitrogens with one attached hydrogen (secondary N) is 1. The number of imidazole rings is 1. The molecule has 1 heterocycles. The third kappa shape index (κ3) is 5.23. The molecule has 0 spiro atoms. The van der Waals surface area contributed by atoms with Gasteiger partial charge in [0.1, 0.15) is 5.82 Å². The lowest BCUT2D eigenvalue weighted by Gasteiger charge is -2.23. The molecular weight excluding hydrogens is 336 g/mol. The number of amides is 2. The molecular formula is C19H25ClN4O. The summed E-state index contributed by atoms with van der Waals surface area (Å²) in [5.41, 5.74) is 1.12. The Morgan fingerprint density at radius 2 is 2.28 bits per heavy atom. The minimum absolute atomic E-state index is 0.00561. The van der Waals surface area contributed by atoms with Gasteiger partial charge in [-0.2, -0.15) is 0 Å². The molecule has 1 aliphatic rings. The van der Waals surface area contributed by atoms with Crippen LogP contribution in [0.4, 0.5) is 4.79 Å². The Kier molecular flexibility index (Phi) is 5.97. The van der Waals surface area contributed by atoms with Crippen LogP contribution in [0.3, 0.4) is 0 Å². The lowest BCUT2D eigenvalue weighted by molar-refractivity contribution is 0.190. The van der Waals surface area contributed by atoms with Gasteiger partial charge in [-0.3, -0.25) is 0 Å². The van der Waals surface area contributed by atoms with Gasteiger partial charge >= 0.3 is 6.03 Å². The van der Waals surface area contributed by atoms with Gasteiger partial charge in [0, 0.05) is 37.1 Å². The monoisotopic (exact) mass is 360 g/mol. The fourth-order valence-electron chi connectivity index (χ4n) is 2.81. The Balaban J connectivity index is 1.69. The molecule has 2 aromatic rings. The molecule has 1 aromatic carbocycles. The number of carbonyl (C=O) groups excluding carboxylic acids is 1. The smallest absolute Gasteiger partial charge is 0.317 e. The van der Waals surface area contributed by atoms with E-state index in [0.29, 0.717) is 25.6 Å². The molecule has 0 aliphatic heterocycles.